The zero-order chi connectivity index (χ0) is 23.1. The van der Waals surface area contributed by atoms with E-state index in [9.17, 15) is 23.5 Å². The van der Waals surface area contributed by atoms with Crippen LogP contribution in [0.2, 0.25) is 0 Å². The van der Waals surface area contributed by atoms with Crippen LogP contribution >= 0.6 is 0 Å². The molecule has 9 heteroatoms. The molecule has 1 unspecified atom stereocenters. The van der Waals surface area contributed by atoms with Crippen molar-refractivity contribution < 1.29 is 33.0 Å². The Balaban J connectivity index is 1.70. The summed E-state index contributed by atoms with van der Waals surface area (Å²) in [6.45, 7) is 0.703. The van der Waals surface area contributed by atoms with E-state index >= 15 is 0 Å². The van der Waals surface area contributed by atoms with Crippen molar-refractivity contribution in [2.75, 3.05) is 18.1 Å². The van der Waals surface area contributed by atoms with E-state index in [0.29, 0.717) is 36.3 Å². The second-order valence-electron chi connectivity index (χ2n) is 7.41. The predicted molar refractivity (Wildman–Crippen MR) is 113 cm³/mol. The van der Waals surface area contributed by atoms with Gasteiger partial charge in [0, 0.05) is 24.0 Å². The van der Waals surface area contributed by atoms with Crippen molar-refractivity contribution in [2.24, 2.45) is 0 Å². The van der Waals surface area contributed by atoms with Crippen molar-refractivity contribution in [3.8, 4) is 11.5 Å². The molecule has 3 aromatic rings. The van der Waals surface area contributed by atoms with Gasteiger partial charge in [0.05, 0.1) is 17.3 Å². The molecule has 0 aliphatic carbocycles. The standard InChI is InChI=1S/C24H16F2N2O5/c25-15-4-5-17(16(26)11-15)28-21(14-2-1-7-27-12-14)20(23(30)24(28)31)22(29)13-3-6-18-19(10-13)33-9-8-32-18/h1-7,10-12,21,29H,8-9H2/b22-20-. The first kappa shape index (κ1) is 20.6. The number of hydrogen-bond donors (Lipinski definition) is 1. The van der Waals surface area contributed by atoms with Crippen molar-refractivity contribution in [1.29, 1.82) is 0 Å². The summed E-state index contributed by atoms with van der Waals surface area (Å²) in [5, 5.41) is 11.1. The van der Waals surface area contributed by atoms with Gasteiger partial charge in [0.15, 0.2) is 11.5 Å². The molecule has 3 heterocycles. The number of amides is 1. The average molecular weight is 450 g/mol. The SMILES string of the molecule is O=C1C(=O)N(c2ccc(F)cc2F)C(c2cccnc2)/C1=C(/O)c1ccc2c(c1)OCCO2. The summed E-state index contributed by atoms with van der Waals surface area (Å²) in [6.07, 6.45) is 2.90. The highest BCUT2D eigenvalue weighted by atomic mass is 19.1. The van der Waals surface area contributed by atoms with Gasteiger partial charge < -0.3 is 14.6 Å². The highest BCUT2D eigenvalue weighted by molar-refractivity contribution is 6.51. The first-order valence-electron chi connectivity index (χ1n) is 10.0. The minimum Gasteiger partial charge on any atom is -0.507 e. The number of rotatable bonds is 3. The number of aliphatic hydroxyl groups is 1. The van der Waals surface area contributed by atoms with Gasteiger partial charge in [-0.25, -0.2) is 8.78 Å². The molecule has 2 aromatic carbocycles. The average Bonchev–Trinajstić information content (AvgIpc) is 3.09. The first-order valence-corrected chi connectivity index (χ1v) is 10.0. The molecular weight excluding hydrogens is 434 g/mol. The monoisotopic (exact) mass is 450 g/mol. The molecule has 2 aliphatic heterocycles. The van der Waals surface area contributed by atoms with Crippen molar-refractivity contribution in [3.63, 3.8) is 0 Å². The Hall–Kier alpha value is -4.27. The number of ketones is 1. The lowest BCUT2D eigenvalue weighted by Gasteiger charge is -2.25. The minimum atomic E-state index is -1.19. The van der Waals surface area contributed by atoms with Crippen LogP contribution < -0.4 is 14.4 Å². The Morgan fingerprint density at radius 1 is 1.03 bits per heavy atom. The zero-order valence-electron chi connectivity index (χ0n) is 17.0. The van der Waals surface area contributed by atoms with Crippen LogP contribution in [0, 0.1) is 11.6 Å². The number of hydrogen-bond acceptors (Lipinski definition) is 6. The van der Waals surface area contributed by atoms with Gasteiger partial charge >= 0.3 is 0 Å². The maximum absolute atomic E-state index is 14.7. The fourth-order valence-electron chi connectivity index (χ4n) is 3.96. The van der Waals surface area contributed by atoms with Gasteiger partial charge in [0.25, 0.3) is 11.7 Å². The number of nitrogens with zero attached hydrogens (tertiary/aromatic N) is 2. The number of benzene rings is 2. The predicted octanol–water partition coefficient (Wildman–Crippen LogP) is 3.76. The van der Waals surface area contributed by atoms with Gasteiger partial charge in [-0.05, 0) is 42.0 Å². The number of pyridine rings is 1. The highest BCUT2D eigenvalue weighted by Gasteiger charge is 2.48. The highest BCUT2D eigenvalue weighted by Crippen LogP contribution is 2.43. The lowest BCUT2D eigenvalue weighted by molar-refractivity contribution is -0.132. The first-order chi connectivity index (χ1) is 16.0. The number of Topliss-reactive ketones (excluding diaryl/α,β-unsaturated/α-hetero) is 1. The molecule has 0 spiro atoms. The fourth-order valence-corrected chi connectivity index (χ4v) is 3.96. The number of aliphatic hydroxyl groups excluding tert-OH is 1. The number of ether oxygens (including phenoxy) is 2. The second kappa shape index (κ2) is 8.01. The maximum Gasteiger partial charge on any atom is 0.300 e. The van der Waals surface area contributed by atoms with E-state index in [4.69, 9.17) is 9.47 Å². The molecule has 1 fully saturated rings. The Kier molecular flexibility index (Phi) is 5.01. The molecule has 5 rings (SSSR count). The van der Waals surface area contributed by atoms with Crippen LogP contribution in [0.4, 0.5) is 14.5 Å². The number of aromatic nitrogens is 1. The van der Waals surface area contributed by atoms with Crippen molar-refractivity contribution in [1.82, 2.24) is 4.98 Å². The molecule has 0 bridgehead atoms. The van der Waals surface area contributed by atoms with Crippen molar-refractivity contribution in [2.45, 2.75) is 6.04 Å². The molecule has 7 nitrogen and oxygen atoms in total. The number of fused-ring (bicyclic) bond motifs is 1. The Bertz CT molecular complexity index is 1310. The summed E-state index contributed by atoms with van der Waals surface area (Å²) >= 11 is 0. The van der Waals surface area contributed by atoms with Gasteiger partial charge in [0.1, 0.15) is 30.6 Å². The number of anilines is 1. The van der Waals surface area contributed by atoms with Crippen molar-refractivity contribution >= 4 is 23.1 Å². The third kappa shape index (κ3) is 3.47. The third-order valence-corrected chi connectivity index (χ3v) is 5.43. The Labute approximate surface area is 186 Å². The number of carbonyl (C=O) groups excluding carboxylic acids is 2. The van der Waals surface area contributed by atoms with Crippen LogP contribution in [-0.2, 0) is 9.59 Å². The zero-order valence-corrected chi connectivity index (χ0v) is 17.0. The molecule has 1 amide bonds. The summed E-state index contributed by atoms with van der Waals surface area (Å²) in [5.41, 5.74) is 0.0206. The lowest BCUT2D eigenvalue weighted by Crippen LogP contribution is -2.30. The van der Waals surface area contributed by atoms with E-state index < -0.39 is 35.1 Å². The Morgan fingerprint density at radius 2 is 1.82 bits per heavy atom. The quantitative estimate of drug-likeness (QED) is 0.371. The molecule has 0 radical (unpaired) electrons. The fraction of sp³-hybridized carbons (Fsp3) is 0.125. The van der Waals surface area contributed by atoms with Crippen LogP contribution in [0.5, 0.6) is 11.5 Å². The van der Waals surface area contributed by atoms with E-state index in [2.05, 4.69) is 4.98 Å². The second-order valence-corrected chi connectivity index (χ2v) is 7.41. The van der Waals surface area contributed by atoms with Gasteiger partial charge in [-0.3, -0.25) is 19.5 Å². The van der Waals surface area contributed by atoms with Gasteiger partial charge in [-0.2, -0.15) is 0 Å². The van der Waals surface area contributed by atoms with E-state index in [1.165, 1.54) is 24.5 Å². The summed E-state index contributed by atoms with van der Waals surface area (Å²) in [7, 11) is 0. The van der Waals surface area contributed by atoms with Crippen LogP contribution in [0.25, 0.3) is 5.76 Å². The van der Waals surface area contributed by atoms with Crippen LogP contribution in [0.3, 0.4) is 0 Å². The van der Waals surface area contributed by atoms with Gasteiger partial charge in [-0.1, -0.05) is 6.07 Å². The number of carbonyl (C=O) groups is 2. The third-order valence-electron chi connectivity index (χ3n) is 5.43. The summed E-state index contributed by atoms with van der Waals surface area (Å²) in [6, 6.07) is 9.27. The molecule has 2 aliphatic rings. The largest absolute Gasteiger partial charge is 0.507 e. The normalized spacial score (nSPS) is 19.1. The maximum atomic E-state index is 14.7. The molecule has 1 atom stereocenters. The van der Waals surface area contributed by atoms with E-state index in [0.717, 1.165) is 17.0 Å². The van der Waals surface area contributed by atoms with Crippen molar-refractivity contribution in [3.05, 3.63) is 89.3 Å². The number of halogens is 2. The molecular formula is C24H16F2N2O5. The van der Waals surface area contributed by atoms with Crippen LogP contribution in [0.15, 0.2) is 66.5 Å². The summed E-state index contributed by atoms with van der Waals surface area (Å²) in [5.74, 6) is -3.54. The molecule has 166 valence electrons. The topological polar surface area (TPSA) is 89.0 Å². The van der Waals surface area contributed by atoms with E-state index in [-0.39, 0.29) is 16.8 Å². The van der Waals surface area contributed by atoms with Crippen LogP contribution in [0.1, 0.15) is 17.2 Å². The molecule has 1 saturated heterocycles. The minimum absolute atomic E-state index is 0.214. The van der Waals surface area contributed by atoms with Crippen LogP contribution in [-0.4, -0.2) is 35.0 Å². The molecule has 1 aromatic heterocycles. The summed E-state index contributed by atoms with van der Waals surface area (Å²) < 4.78 is 39.2. The Morgan fingerprint density at radius 3 is 2.55 bits per heavy atom. The lowest BCUT2D eigenvalue weighted by atomic mass is 9.96. The van der Waals surface area contributed by atoms with Gasteiger partial charge in [-0.15, -0.1) is 0 Å². The molecule has 0 saturated carbocycles. The summed E-state index contributed by atoms with van der Waals surface area (Å²) in [4.78, 5) is 31.0. The van der Waals surface area contributed by atoms with Gasteiger partial charge in [0.2, 0.25) is 0 Å². The smallest absolute Gasteiger partial charge is 0.300 e. The molecule has 1 N–H and O–H groups in total. The molecule has 33 heavy (non-hydrogen) atoms. The van der Waals surface area contributed by atoms with E-state index in [1.807, 2.05) is 0 Å². The van der Waals surface area contributed by atoms with E-state index in [1.54, 1.807) is 18.2 Å².